The molecule has 2 rings (SSSR count). The Kier molecular flexibility index (Phi) is 4.70. The summed E-state index contributed by atoms with van der Waals surface area (Å²) in [5.74, 6) is 6.57. The number of aliphatic hydroxyl groups excluding tert-OH is 1. The van der Waals surface area contributed by atoms with Crippen LogP contribution in [0.2, 0.25) is 0 Å². The van der Waals surface area contributed by atoms with Gasteiger partial charge in [-0.1, -0.05) is 0 Å². The zero-order chi connectivity index (χ0) is 13.0. The van der Waals surface area contributed by atoms with Gasteiger partial charge in [-0.3, -0.25) is 10.3 Å². The van der Waals surface area contributed by atoms with Gasteiger partial charge in [0.25, 0.3) is 0 Å². The van der Waals surface area contributed by atoms with E-state index in [2.05, 4.69) is 41.1 Å². The smallest absolute Gasteiger partial charge is 0.239 e. The Balaban J connectivity index is 2.04. The molecular formula is C10H17BrN6O. The lowest BCUT2D eigenvalue weighted by Gasteiger charge is -2.35. The Morgan fingerprint density at radius 3 is 2.72 bits per heavy atom. The van der Waals surface area contributed by atoms with Crippen LogP contribution in [0.1, 0.15) is 0 Å². The van der Waals surface area contributed by atoms with Crippen molar-refractivity contribution in [3.05, 3.63) is 10.7 Å². The van der Waals surface area contributed by atoms with Crippen LogP contribution in [0.5, 0.6) is 0 Å². The number of anilines is 2. The topological polar surface area (TPSA) is 90.5 Å². The molecule has 0 aliphatic carbocycles. The zero-order valence-electron chi connectivity index (χ0n) is 10.0. The summed E-state index contributed by atoms with van der Waals surface area (Å²) in [5, 5.41) is 8.91. The van der Waals surface area contributed by atoms with Crippen LogP contribution in [0, 0.1) is 0 Å². The number of halogens is 1. The number of hydrogen-bond acceptors (Lipinski definition) is 7. The number of rotatable bonds is 4. The van der Waals surface area contributed by atoms with Gasteiger partial charge in [-0.15, -0.1) is 0 Å². The summed E-state index contributed by atoms with van der Waals surface area (Å²) in [6, 6.07) is 0. The fourth-order valence-corrected chi connectivity index (χ4v) is 2.42. The number of piperazine rings is 1. The van der Waals surface area contributed by atoms with E-state index in [1.807, 2.05) is 0 Å². The van der Waals surface area contributed by atoms with Gasteiger partial charge in [0, 0.05) is 38.9 Å². The number of nitrogens with one attached hydrogen (secondary N) is 1. The molecule has 100 valence electrons. The molecule has 1 aromatic heterocycles. The highest BCUT2D eigenvalue weighted by atomic mass is 79.9. The molecule has 1 aliphatic rings. The van der Waals surface area contributed by atoms with Crippen LogP contribution in [0.3, 0.4) is 0 Å². The van der Waals surface area contributed by atoms with E-state index in [0.29, 0.717) is 5.95 Å². The van der Waals surface area contributed by atoms with E-state index in [1.165, 1.54) is 0 Å². The monoisotopic (exact) mass is 316 g/mol. The molecule has 0 bridgehead atoms. The number of nitrogens with two attached hydrogens (primary N) is 1. The molecule has 8 heteroatoms. The van der Waals surface area contributed by atoms with Crippen LogP contribution in [0.25, 0.3) is 0 Å². The molecule has 2 heterocycles. The van der Waals surface area contributed by atoms with Crippen molar-refractivity contribution in [1.29, 1.82) is 0 Å². The van der Waals surface area contributed by atoms with Crippen LogP contribution in [0.15, 0.2) is 10.7 Å². The van der Waals surface area contributed by atoms with Crippen molar-refractivity contribution in [1.82, 2.24) is 14.9 Å². The first kappa shape index (κ1) is 13.5. The molecule has 0 amide bonds. The summed E-state index contributed by atoms with van der Waals surface area (Å²) in [6.07, 6.45) is 1.69. The van der Waals surface area contributed by atoms with Gasteiger partial charge in [0.05, 0.1) is 11.1 Å². The third-order valence-corrected chi connectivity index (χ3v) is 3.50. The average molecular weight is 317 g/mol. The van der Waals surface area contributed by atoms with E-state index in [-0.39, 0.29) is 6.61 Å². The van der Waals surface area contributed by atoms with Gasteiger partial charge in [-0.2, -0.15) is 4.98 Å². The molecule has 1 fully saturated rings. The van der Waals surface area contributed by atoms with Gasteiger partial charge in [0.15, 0.2) is 0 Å². The molecule has 7 nitrogen and oxygen atoms in total. The van der Waals surface area contributed by atoms with Gasteiger partial charge in [0.1, 0.15) is 5.82 Å². The Bertz CT molecular complexity index is 396. The Labute approximate surface area is 114 Å². The Hall–Kier alpha value is -0.960. The molecule has 0 saturated carbocycles. The second-order valence-electron chi connectivity index (χ2n) is 4.06. The van der Waals surface area contributed by atoms with Crippen molar-refractivity contribution in [3.8, 4) is 0 Å². The molecule has 0 radical (unpaired) electrons. The van der Waals surface area contributed by atoms with Crippen LogP contribution in [-0.2, 0) is 0 Å². The highest BCUT2D eigenvalue weighted by Crippen LogP contribution is 2.24. The maximum Gasteiger partial charge on any atom is 0.239 e. The number of hydrazine groups is 1. The first-order valence-electron chi connectivity index (χ1n) is 5.82. The highest BCUT2D eigenvalue weighted by Gasteiger charge is 2.19. The third kappa shape index (κ3) is 3.08. The van der Waals surface area contributed by atoms with Gasteiger partial charge in [-0.25, -0.2) is 10.8 Å². The van der Waals surface area contributed by atoms with E-state index in [9.17, 15) is 0 Å². The number of β-amino-alcohol motifs (C(OH)–C–C–N with tert-alkyl or cyclic N) is 1. The second kappa shape index (κ2) is 6.28. The zero-order valence-corrected chi connectivity index (χ0v) is 11.6. The van der Waals surface area contributed by atoms with Crippen LogP contribution >= 0.6 is 15.9 Å². The number of nitrogen functional groups attached to an aromatic ring is 1. The first-order chi connectivity index (χ1) is 8.74. The van der Waals surface area contributed by atoms with Gasteiger partial charge in [-0.05, 0) is 15.9 Å². The molecule has 0 atom stereocenters. The molecule has 4 N–H and O–H groups in total. The summed E-state index contributed by atoms with van der Waals surface area (Å²) in [5.41, 5.74) is 2.45. The summed E-state index contributed by atoms with van der Waals surface area (Å²) in [6.45, 7) is 4.52. The SMILES string of the molecule is NNc1ncc(Br)c(N2CCN(CCO)CC2)n1. The van der Waals surface area contributed by atoms with Crippen LogP contribution in [0.4, 0.5) is 11.8 Å². The fraction of sp³-hybridized carbons (Fsp3) is 0.600. The number of aromatic nitrogens is 2. The van der Waals surface area contributed by atoms with Crippen LogP contribution < -0.4 is 16.2 Å². The number of nitrogens with zero attached hydrogens (tertiary/aromatic N) is 4. The van der Waals surface area contributed by atoms with E-state index >= 15 is 0 Å². The van der Waals surface area contributed by atoms with E-state index in [4.69, 9.17) is 10.9 Å². The second-order valence-corrected chi connectivity index (χ2v) is 4.92. The highest BCUT2D eigenvalue weighted by molar-refractivity contribution is 9.10. The summed E-state index contributed by atoms with van der Waals surface area (Å²) >= 11 is 3.45. The normalized spacial score (nSPS) is 16.9. The lowest BCUT2D eigenvalue weighted by molar-refractivity contribution is 0.188. The third-order valence-electron chi connectivity index (χ3n) is 2.94. The minimum atomic E-state index is 0.207. The van der Waals surface area contributed by atoms with Crippen molar-refractivity contribution < 1.29 is 5.11 Å². The fourth-order valence-electron chi connectivity index (χ4n) is 1.97. The standard InChI is InChI=1S/C10H17BrN6O/c11-8-7-13-10(15-12)14-9(8)17-3-1-16(2-4-17)5-6-18/h7,18H,1-6,12H2,(H,13,14,15). The summed E-state index contributed by atoms with van der Waals surface area (Å²) in [7, 11) is 0. The maximum atomic E-state index is 8.91. The van der Waals surface area contributed by atoms with Crippen molar-refractivity contribution in [2.45, 2.75) is 0 Å². The quantitative estimate of drug-likeness (QED) is 0.516. The molecule has 1 aromatic rings. The lowest BCUT2D eigenvalue weighted by Crippen LogP contribution is -2.47. The molecule has 18 heavy (non-hydrogen) atoms. The average Bonchev–Trinajstić information content (AvgIpc) is 2.41. The van der Waals surface area contributed by atoms with Gasteiger partial charge < -0.3 is 10.0 Å². The minimum Gasteiger partial charge on any atom is -0.395 e. The predicted molar refractivity (Wildman–Crippen MR) is 73.3 cm³/mol. The molecular weight excluding hydrogens is 300 g/mol. The van der Waals surface area contributed by atoms with Gasteiger partial charge in [0.2, 0.25) is 5.95 Å². The van der Waals surface area contributed by atoms with E-state index in [0.717, 1.165) is 43.0 Å². The molecule has 1 aliphatic heterocycles. The molecule has 0 aromatic carbocycles. The van der Waals surface area contributed by atoms with E-state index in [1.54, 1.807) is 6.20 Å². The summed E-state index contributed by atoms with van der Waals surface area (Å²) < 4.78 is 0.858. The van der Waals surface area contributed by atoms with Crippen molar-refractivity contribution >= 4 is 27.7 Å². The number of hydrogen-bond donors (Lipinski definition) is 3. The first-order valence-corrected chi connectivity index (χ1v) is 6.61. The summed E-state index contributed by atoms with van der Waals surface area (Å²) in [4.78, 5) is 12.8. The van der Waals surface area contributed by atoms with E-state index < -0.39 is 0 Å². The lowest BCUT2D eigenvalue weighted by atomic mass is 10.3. The maximum absolute atomic E-state index is 8.91. The largest absolute Gasteiger partial charge is 0.395 e. The van der Waals surface area contributed by atoms with Crippen molar-refractivity contribution in [2.75, 3.05) is 49.7 Å². The Morgan fingerprint density at radius 2 is 2.11 bits per heavy atom. The number of aliphatic hydroxyl groups is 1. The Morgan fingerprint density at radius 1 is 1.39 bits per heavy atom. The molecule has 1 saturated heterocycles. The van der Waals surface area contributed by atoms with Crippen LogP contribution in [-0.4, -0.2) is 59.3 Å². The minimum absolute atomic E-state index is 0.207. The predicted octanol–water partition coefficient (Wildman–Crippen LogP) is -0.361. The van der Waals surface area contributed by atoms with Crippen molar-refractivity contribution in [3.63, 3.8) is 0 Å². The van der Waals surface area contributed by atoms with Crippen molar-refractivity contribution in [2.24, 2.45) is 5.84 Å². The molecule has 0 spiro atoms. The van der Waals surface area contributed by atoms with Gasteiger partial charge >= 0.3 is 0 Å². The molecule has 0 unspecified atom stereocenters.